The van der Waals surface area contributed by atoms with Gasteiger partial charge >= 0.3 is 0 Å². The lowest BCUT2D eigenvalue weighted by Crippen LogP contribution is -2.74. The van der Waals surface area contributed by atoms with E-state index < -0.39 is 11.0 Å². The fraction of sp³-hybridized carbons (Fsp3) is 0.968. The molecule has 11 atom stereocenters. The average Bonchev–Trinajstić information content (AvgIpc) is 2.79. The summed E-state index contributed by atoms with van der Waals surface area (Å²) >= 11 is 0. The van der Waals surface area contributed by atoms with Gasteiger partial charge in [-0.15, -0.1) is 0 Å². The third-order valence-corrected chi connectivity index (χ3v) is 14.6. The van der Waals surface area contributed by atoms with Crippen LogP contribution in [0.3, 0.4) is 0 Å². The molecule has 5 saturated carbocycles. The predicted octanol–water partition coefficient (Wildman–Crippen LogP) is 6.46. The van der Waals surface area contributed by atoms with E-state index in [1.165, 1.54) is 38.5 Å². The Bertz CT molecular complexity index is 887. The van der Waals surface area contributed by atoms with Crippen LogP contribution in [0.25, 0.3) is 0 Å². The highest BCUT2D eigenvalue weighted by Crippen LogP contribution is 2.78. The molecule has 35 heavy (non-hydrogen) atoms. The zero-order valence-corrected chi connectivity index (χ0v) is 24.0. The van der Waals surface area contributed by atoms with Crippen LogP contribution >= 0.6 is 0 Å². The van der Waals surface area contributed by atoms with Gasteiger partial charge < -0.3 is 5.11 Å². The van der Waals surface area contributed by atoms with Gasteiger partial charge in [-0.25, -0.2) is 5.84 Å². The van der Waals surface area contributed by atoms with Gasteiger partial charge in [-0.2, -0.15) is 0 Å². The summed E-state index contributed by atoms with van der Waals surface area (Å²) < 4.78 is 0. The van der Waals surface area contributed by atoms with Crippen molar-refractivity contribution in [1.82, 2.24) is 5.43 Å². The molecule has 0 radical (unpaired) electrons. The molecule has 4 nitrogen and oxygen atoms in total. The van der Waals surface area contributed by atoms with Crippen molar-refractivity contribution in [3.8, 4) is 0 Å². The quantitative estimate of drug-likeness (QED) is 0.226. The third-order valence-electron chi connectivity index (χ3n) is 14.6. The van der Waals surface area contributed by atoms with Gasteiger partial charge in [0, 0.05) is 5.41 Å². The van der Waals surface area contributed by atoms with Crippen LogP contribution < -0.4 is 11.3 Å². The SMILES string of the molecule is C[C@@H]1[C@H]2[C@H]3CC[C@@H]4[C@]5(C)[C@@H](CC[C@@]4(C)[C@]3(C)CC[C@@]2(C)CC[C@H]1C)C(C)(C)CCC5(O)C(=O)NN. The molecule has 1 unspecified atom stereocenters. The number of carbonyl (C=O) groups is 1. The molecule has 5 aliphatic rings. The first-order valence-electron chi connectivity index (χ1n) is 14.9. The van der Waals surface area contributed by atoms with E-state index in [0.717, 1.165) is 42.9 Å². The summed E-state index contributed by atoms with van der Waals surface area (Å²) in [6, 6.07) is 0. The average molecular weight is 487 g/mol. The summed E-state index contributed by atoms with van der Waals surface area (Å²) in [4.78, 5) is 13.3. The molecule has 0 aromatic carbocycles. The van der Waals surface area contributed by atoms with Gasteiger partial charge in [0.1, 0.15) is 5.60 Å². The first-order chi connectivity index (χ1) is 16.1. The van der Waals surface area contributed by atoms with E-state index >= 15 is 0 Å². The second-order valence-corrected chi connectivity index (χ2v) is 15.8. The standard InChI is InChI=1S/C31H54N2O2/c1-19-11-13-27(5)16-17-28(6)21(24(27)20(19)2)9-10-23-29(28,7)14-12-22-26(3,4)15-18-31(35,25(34)33-32)30(22,23)8/h19-24,35H,9-18,32H2,1-8H3,(H,33,34)/t19-,20+,21-,22+,23+,24+,27-,28-,29-,30+,31?/m1/s1. The number of fused-ring (bicyclic) bond motifs is 7. The zero-order chi connectivity index (χ0) is 25.8. The molecule has 0 bridgehead atoms. The Balaban J connectivity index is 1.61. The van der Waals surface area contributed by atoms with E-state index in [2.05, 4.69) is 60.8 Å². The van der Waals surface area contributed by atoms with Crippen molar-refractivity contribution in [2.45, 2.75) is 125 Å². The Morgan fingerprint density at radius 1 is 0.800 bits per heavy atom. The van der Waals surface area contributed by atoms with Gasteiger partial charge in [0.05, 0.1) is 0 Å². The van der Waals surface area contributed by atoms with Gasteiger partial charge in [-0.05, 0) is 121 Å². The Hall–Kier alpha value is -0.610. The van der Waals surface area contributed by atoms with E-state index in [9.17, 15) is 9.90 Å². The highest BCUT2D eigenvalue weighted by Gasteiger charge is 2.74. The highest BCUT2D eigenvalue weighted by atomic mass is 16.3. The molecule has 0 heterocycles. The Kier molecular flexibility index (Phi) is 5.73. The Labute approximate surface area is 214 Å². The van der Waals surface area contributed by atoms with Crippen LogP contribution in [0.1, 0.15) is 120 Å². The number of aliphatic hydroxyl groups is 1. The molecule has 200 valence electrons. The minimum Gasteiger partial charge on any atom is -0.379 e. The molecule has 0 saturated heterocycles. The van der Waals surface area contributed by atoms with Crippen LogP contribution in [0.15, 0.2) is 0 Å². The molecule has 5 aliphatic carbocycles. The van der Waals surface area contributed by atoms with Crippen LogP contribution in [-0.2, 0) is 4.79 Å². The van der Waals surface area contributed by atoms with E-state index in [-0.39, 0.29) is 22.2 Å². The normalized spacial score (nSPS) is 57.2. The number of hydrogen-bond donors (Lipinski definition) is 3. The molecule has 5 rings (SSSR count). The van der Waals surface area contributed by atoms with Crippen LogP contribution in [0, 0.1) is 62.6 Å². The monoisotopic (exact) mass is 486 g/mol. The summed E-state index contributed by atoms with van der Waals surface area (Å²) in [6.07, 6.45) is 11.5. The molecule has 0 aromatic heterocycles. The summed E-state index contributed by atoms with van der Waals surface area (Å²) in [5.74, 6) is 9.15. The molecule has 0 aromatic rings. The minimum absolute atomic E-state index is 0.118. The Morgan fingerprint density at radius 2 is 1.49 bits per heavy atom. The number of rotatable bonds is 1. The summed E-state index contributed by atoms with van der Waals surface area (Å²) in [6.45, 7) is 19.9. The van der Waals surface area contributed by atoms with Crippen molar-refractivity contribution in [2.75, 3.05) is 0 Å². The van der Waals surface area contributed by atoms with Gasteiger partial charge in [-0.1, -0.05) is 55.4 Å². The van der Waals surface area contributed by atoms with Crippen molar-refractivity contribution in [3.05, 3.63) is 0 Å². The second kappa shape index (κ2) is 7.71. The van der Waals surface area contributed by atoms with Crippen molar-refractivity contribution in [1.29, 1.82) is 0 Å². The highest BCUT2D eigenvalue weighted by molar-refractivity contribution is 5.85. The van der Waals surface area contributed by atoms with Crippen LogP contribution in [0.5, 0.6) is 0 Å². The van der Waals surface area contributed by atoms with Gasteiger partial charge in [0.2, 0.25) is 0 Å². The number of carbonyl (C=O) groups excluding carboxylic acids is 1. The van der Waals surface area contributed by atoms with E-state index in [4.69, 9.17) is 5.84 Å². The van der Waals surface area contributed by atoms with Gasteiger partial charge in [-0.3, -0.25) is 10.2 Å². The van der Waals surface area contributed by atoms with Gasteiger partial charge in [0.15, 0.2) is 0 Å². The molecule has 4 heteroatoms. The molecule has 4 N–H and O–H groups in total. The summed E-state index contributed by atoms with van der Waals surface area (Å²) in [5.41, 5.74) is 1.51. The molecular weight excluding hydrogens is 432 g/mol. The minimum atomic E-state index is -1.40. The van der Waals surface area contributed by atoms with E-state index in [0.29, 0.717) is 23.7 Å². The Morgan fingerprint density at radius 3 is 2.14 bits per heavy atom. The van der Waals surface area contributed by atoms with Crippen LogP contribution in [0.2, 0.25) is 0 Å². The third kappa shape index (κ3) is 3.02. The first kappa shape index (κ1) is 26.0. The van der Waals surface area contributed by atoms with Gasteiger partial charge in [0.25, 0.3) is 5.91 Å². The number of hydrogen-bond acceptors (Lipinski definition) is 3. The molecule has 0 aliphatic heterocycles. The molecule has 1 amide bonds. The lowest BCUT2D eigenvalue weighted by Gasteiger charge is -2.75. The maximum atomic E-state index is 13.3. The lowest BCUT2D eigenvalue weighted by molar-refractivity contribution is -0.286. The number of amides is 1. The molecule has 5 fully saturated rings. The maximum absolute atomic E-state index is 13.3. The number of hydrazine groups is 1. The fourth-order valence-corrected chi connectivity index (χ4v) is 12.1. The number of nitrogens with one attached hydrogen (secondary N) is 1. The first-order valence-corrected chi connectivity index (χ1v) is 14.9. The van der Waals surface area contributed by atoms with Crippen LogP contribution in [0.4, 0.5) is 0 Å². The maximum Gasteiger partial charge on any atom is 0.266 e. The van der Waals surface area contributed by atoms with Crippen molar-refractivity contribution < 1.29 is 9.90 Å². The van der Waals surface area contributed by atoms with E-state index in [1.54, 1.807) is 0 Å². The summed E-state index contributed by atoms with van der Waals surface area (Å²) in [7, 11) is 0. The van der Waals surface area contributed by atoms with Crippen molar-refractivity contribution in [2.24, 2.45) is 68.4 Å². The van der Waals surface area contributed by atoms with Crippen molar-refractivity contribution in [3.63, 3.8) is 0 Å². The second-order valence-electron chi connectivity index (χ2n) is 15.8. The topological polar surface area (TPSA) is 75.3 Å². The van der Waals surface area contributed by atoms with Crippen LogP contribution in [-0.4, -0.2) is 16.6 Å². The smallest absolute Gasteiger partial charge is 0.266 e. The largest absolute Gasteiger partial charge is 0.379 e. The zero-order valence-electron chi connectivity index (χ0n) is 24.0. The lowest BCUT2D eigenvalue weighted by atomic mass is 9.30. The van der Waals surface area contributed by atoms with E-state index in [1.807, 2.05) is 0 Å². The summed E-state index contributed by atoms with van der Waals surface area (Å²) in [5, 5.41) is 12.3. The predicted molar refractivity (Wildman–Crippen MR) is 142 cm³/mol. The van der Waals surface area contributed by atoms with Crippen molar-refractivity contribution >= 4 is 5.91 Å². The number of nitrogens with two attached hydrogens (primary N) is 1. The molecular formula is C31H54N2O2. The fourth-order valence-electron chi connectivity index (χ4n) is 12.1. The molecule has 0 spiro atoms.